The number of rotatable bonds is 7. The molecule has 27 heavy (non-hydrogen) atoms. The average Bonchev–Trinajstić information content (AvgIpc) is 2.68. The number of anilines is 1. The largest absolute Gasteiger partial charge is 0.484 e. The molecule has 0 aliphatic carbocycles. The Kier molecular flexibility index (Phi) is 6.93. The number of hydrogen-bond donors (Lipinski definition) is 2. The Bertz CT molecular complexity index is 848. The van der Waals surface area contributed by atoms with Crippen LogP contribution in [0.15, 0.2) is 42.5 Å². The molecule has 0 unspecified atom stereocenters. The van der Waals surface area contributed by atoms with Crippen LogP contribution in [-0.4, -0.2) is 38.0 Å². The molecule has 0 saturated carbocycles. The highest BCUT2D eigenvalue weighted by Gasteiger charge is 2.10. The van der Waals surface area contributed by atoms with Crippen molar-refractivity contribution < 1.29 is 23.9 Å². The molecule has 0 atom stereocenters. The van der Waals surface area contributed by atoms with Crippen LogP contribution in [0.2, 0.25) is 0 Å². The highest BCUT2D eigenvalue weighted by atomic mass is 16.5. The summed E-state index contributed by atoms with van der Waals surface area (Å²) in [5.41, 5.74) is 3.08. The van der Waals surface area contributed by atoms with Gasteiger partial charge in [0.25, 0.3) is 5.91 Å². The zero-order chi connectivity index (χ0) is 19.8. The van der Waals surface area contributed by atoms with Gasteiger partial charge < -0.3 is 20.1 Å². The van der Waals surface area contributed by atoms with Crippen LogP contribution in [0.4, 0.5) is 5.69 Å². The zero-order valence-corrected chi connectivity index (χ0v) is 15.5. The maximum Gasteiger partial charge on any atom is 0.337 e. The fourth-order valence-electron chi connectivity index (χ4n) is 2.29. The number of esters is 1. The van der Waals surface area contributed by atoms with E-state index in [-0.39, 0.29) is 19.1 Å². The first kappa shape index (κ1) is 20.0. The monoisotopic (exact) mass is 370 g/mol. The normalized spacial score (nSPS) is 10.0. The molecule has 2 aromatic carbocycles. The van der Waals surface area contributed by atoms with Gasteiger partial charge in [-0.3, -0.25) is 9.59 Å². The fourth-order valence-corrected chi connectivity index (χ4v) is 2.29. The van der Waals surface area contributed by atoms with E-state index in [2.05, 4.69) is 15.4 Å². The minimum Gasteiger partial charge on any atom is -0.484 e. The van der Waals surface area contributed by atoms with Crippen molar-refractivity contribution in [3.63, 3.8) is 0 Å². The molecule has 2 rings (SSSR count). The van der Waals surface area contributed by atoms with Gasteiger partial charge in [-0.1, -0.05) is 18.2 Å². The standard InChI is InChI=1S/C20H22N2O5/c1-13-6-4-9-17(14(13)2)22-18(23)11-21-19(24)12-27-16-8-5-7-15(10-16)20(25)26-3/h4-10H,11-12H2,1-3H3,(H,21,24)(H,22,23). The number of carbonyl (C=O) groups excluding carboxylic acids is 3. The van der Waals surface area contributed by atoms with Gasteiger partial charge in [0.15, 0.2) is 6.61 Å². The third-order valence-electron chi connectivity index (χ3n) is 3.95. The van der Waals surface area contributed by atoms with E-state index in [0.717, 1.165) is 11.1 Å². The number of hydrogen-bond acceptors (Lipinski definition) is 5. The number of nitrogens with one attached hydrogen (secondary N) is 2. The number of amides is 2. The van der Waals surface area contributed by atoms with E-state index in [1.807, 2.05) is 26.0 Å². The Hall–Kier alpha value is -3.35. The van der Waals surface area contributed by atoms with Gasteiger partial charge in [-0.05, 0) is 49.2 Å². The van der Waals surface area contributed by atoms with E-state index >= 15 is 0 Å². The second kappa shape index (κ2) is 9.38. The number of ether oxygens (including phenoxy) is 2. The zero-order valence-electron chi connectivity index (χ0n) is 15.5. The van der Waals surface area contributed by atoms with E-state index in [4.69, 9.17) is 4.74 Å². The molecular formula is C20H22N2O5. The van der Waals surface area contributed by atoms with Crippen LogP contribution in [0, 0.1) is 13.8 Å². The molecule has 0 spiro atoms. The quantitative estimate of drug-likeness (QED) is 0.729. The summed E-state index contributed by atoms with van der Waals surface area (Å²) >= 11 is 0. The Morgan fingerprint density at radius 1 is 1.00 bits per heavy atom. The molecule has 0 aliphatic heterocycles. The van der Waals surface area contributed by atoms with Crippen molar-refractivity contribution in [2.24, 2.45) is 0 Å². The highest BCUT2D eigenvalue weighted by molar-refractivity contribution is 5.95. The lowest BCUT2D eigenvalue weighted by Crippen LogP contribution is -2.35. The van der Waals surface area contributed by atoms with Gasteiger partial charge in [-0.2, -0.15) is 0 Å². The molecule has 0 aliphatic rings. The average molecular weight is 370 g/mol. The first-order valence-electron chi connectivity index (χ1n) is 8.34. The van der Waals surface area contributed by atoms with Crippen molar-refractivity contribution in [2.45, 2.75) is 13.8 Å². The summed E-state index contributed by atoms with van der Waals surface area (Å²) in [7, 11) is 1.28. The summed E-state index contributed by atoms with van der Waals surface area (Å²) in [6, 6.07) is 11.9. The first-order valence-corrected chi connectivity index (χ1v) is 8.34. The van der Waals surface area contributed by atoms with Crippen LogP contribution in [-0.2, 0) is 14.3 Å². The van der Waals surface area contributed by atoms with Crippen LogP contribution >= 0.6 is 0 Å². The van der Waals surface area contributed by atoms with Gasteiger partial charge in [0.2, 0.25) is 5.91 Å². The van der Waals surface area contributed by atoms with Gasteiger partial charge in [-0.15, -0.1) is 0 Å². The molecular weight excluding hydrogens is 348 g/mol. The lowest BCUT2D eigenvalue weighted by Gasteiger charge is -2.11. The molecule has 0 aromatic heterocycles. The number of methoxy groups -OCH3 is 1. The minimum atomic E-state index is -0.493. The van der Waals surface area contributed by atoms with E-state index in [0.29, 0.717) is 17.0 Å². The second-order valence-electron chi connectivity index (χ2n) is 5.88. The number of carbonyl (C=O) groups is 3. The summed E-state index contributed by atoms with van der Waals surface area (Å²) in [6.07, 6.45) is 0. The van der Waals surface area contributed by atoms with Crippen LogP contribution in [0.1, 0.15) is 21.5 Å². The van der Waals surface area contributed by atoms with Crippen molar-refractivity contribution in [2.75, 3.05) is 25.6 Å². The Morgan fingerprint density at radius 3 is 2.48 bits per heavy atom. The summed E-state index contributed by atoms with van der Waals surface area (Å²) < 4.78 is 9.97. The molecule has 2 amide bonds. The highest BCUT2D eigenvalue weighted by Crippen LogP contribution is 2.17. The predicted molar refractivity (Wildman–Crippen MR) is 101 cm³/mol. The lowest BCUT2D eigenvalue weighted by atomic mass is 10.1. The minimum absolute atomic E-state index is 0.169. The second-order valence-corrected chi connectivity index (χ2v) is 5.88. The van der Waals surface area contributed by atoms with Gasteiger partial charge in [0.1, 0.15) is 5.75 Å². The van der Waals surface area contributed by atoms with Gasteiger partial charge in [0, 0.05) is 5.69 Å². The molecule has 0 fully saturated rings. The molecule has 0 saturated heterocycles. The Labute approximate surface area is 157 Å². The van der Waals surface area contributed by atoms with Crippen LogP contribution in [0.25, 0.3) is 0 Å². The summed E-state index contributed by atoms with van der Waals surface area (Å²) in [4.78, 5) is 35.3. The van der Waals surface area contributed by atoms with Crippen molar-refractivity contribution in [3.8, 4) is 5.75 Å². The molecule has 7 nitrogen and oxygen atoms in total. The summed E-state index contributed by atoms with van der Waals surface area (Å²) in [5, 5.41) is 5.25. The van der Waals surface area contributed by atoms with Crippen LogP contribution in [0.3, 0.4) is 0 Å². The summed E-state index contributed by atoms with van der Waals surface area (Å²) in [5.74, 6) is -0.916. The SMILES string of the molecule is COC(=O)c1cccc(OCC(=O)NCC(=O)Nc2cccc(C)c2C)c1. The van der Waals surface area contributed by atoms with Gasteiger partial charge in [-0.25, -0.2) is 4.79 Å². The summed E-state index contributed by atoms with van der Waals surface area (Å²) in [6.45, 7) is 3.43. The lowest BCUT2D eigenvalue weighted by molar-refractivity contribution is -0.125. The van der Waals surface area contributed by atoms with Gasteiger partial charge in [0.05, 0.1) is 19.2 Å². The molecule has 0 radical (unpaired) electrons. The van der Waals surface area contributed by atoms with Crippen LogP contribution in [0.5, 0.6) is 5.75 Å². The van der Waals surface area contributed by atoms with Crippen molar-refractivity contribution >= 4 is 23.5 Å². The smallest absolute Gasteiger partial charge is 0.337 e. The Balaban J connectivity index is 1.80. The topological polar surface area (TPSA) is 93.7 Å². The molecule has 2 aromatic rings. The van der Waals surface area contributed by atoms with Crippen molar-refractivity contribution in [1.82, 2.24) is 5.32 Å². The van der Waals surface area contributed by atoms with E-state index in [1.54, 1.807) is 24.3 Å². The fraction of sp³-hybridized carbons (Fsp3) is 0.250. The maximum atomic E-state index is 12.0. The molecule has 142 valence electrons. The third kappa shape index (κ3) is 5.85. The van der Waals surface area contributed by atoms with E-state index in [1.165, 1.54) is 13.2 Å². The van der Waals surface area contributed by atoms with Gasteiger partial charge >= 0.3 is 5.97 Å². The number of aryl methyl sites for hydroxylation is 1. The Morgan fingerprint density at radius 2 is 1.74 bits per heavy atom. The van der Waals surface area contributed by atoms with E-state index in [9.17, 15) is 14.4 Å². The molecule has 2 N–H and O–H groups in total. The molecule has 0 bridgehead atoms. The molecule has 7 heteroatoms. The third-order valence-corrected chi connectivity index (χ3v) is 3.95. The number of benzene rings is 2. The van der Waals surface area contributed by atoms with E-state index < -0.39 is 11.9 Å². The maximum absolute atomic E-state index is 12.0. The molecule has 0 heterocycles. The first-order chi connectivity index (χ1) is 12.9. The van der Waals surface area contributed by atoms with Crippen molar-refractivity contribution in [3.05, 3.63) is 59.2 Å². The predicted octanol–water partition coefficient (Wildman–Crippen LogP) is 2.22. The van der Waals surface area contributed by atoms with Crippen LogP contribution < -0.4 is 15.4 Å². The van der Waals surface area contributed by atoms with Crippen molar-refractivity contribution in [1.29, 1.82) is 0 Å².